The van der Waals surface area contributed by atoms with E-state index in [0.29, 0.717) is 8.99 Å². The number of nitrogens with one attached hydrogen (secondary N) is 2. The van der Waals surface area contributed by atoms with Crippen molar-refractivity contribution in [3.63, 3.8) is 0 Å². The monoisotopic (exact) mass is 606 g/mol. The van der Waals surface area contributed by atoms with E-state index in [1.807, 2.05) is 0 Å². The number of aromatic hydroxyl groups is 1. The summed E-state index contributed by atoms with van der Waals surface area (Å²) in [6, 6.07) is 3.15. The minimum atomic E-state index is -3.37. The van der Waals surface area contributed by atoms with Crippen LogP contribution in [0.1, 0.15) is 31.4 Å². The summed E-state index contributed by atoms with van der Waals surface area (Å²) in [5, 5.41) is 15.8. The topological polar surface area (TPSA) is 177 Å². The zero-order valence-corrected chi connectivity index (χ0v) is 21.8. The number of aromatic nitrogens is 4. The van der Waals surface area contributed by atoms with Gasteiger partial charge < -0.3 is 15.2 Å². The summed E-state index contributed by atoms with van der Waals surface area (Å²) >= 11 is 12.5. The van der Waals surface area contributed by atoms with Crippen LogP contribution in [0.2, 0.25) is 10.0 Å². The number of thiol groups is 1. The van der Waals surface area contributed by atoms with Crippen LogP contribution in [-0.4, -0.2) is 51.8 Å². The highest BCUT2D eigenvalue weighted by Crippen LogP contribution is 2.39. The van der Waals surface area contributed by atoms with Gasteiger partial charge in [-0.15, -0.1) is 0 Å². The van der Waals surface area contributed by atoms with Gasteiger partial charge in [0.25, 0.3) is 12.0 Å². The number of hydrogen-bond donors (Lipinski definition) is 4. The maximum absolute atomic E-state index is 13.1. The predicted octanol–water partition coefficient (Wildman–Crippen LogP) is 2.06. The summed E-state index contributed by atoms with van der Waals surface area (Å²) in [6.45, 7) is -0.607. The van der Waals surface area contributed by atoms with E-state index in [1.54, 1.807) is 4.98 Å². The Balaban J connectivity index is 1.63. The molecular formula is C21H18Cl2F2N6O7S. The molecule has 3 N–H and O–H groups in total. The molecule has 0 saturated heterocycles. The first-order valence-electron chi connectivity index (χ1n) is 11.0. The number of hydrogen-bond acceptors (Lipinski definition) is 9. The Morgan fingerprint density at radius 2 is 1.92 bits per heavy atom. The molecule has 0 bridgehead atoms. The molecule has 2 aromatic heterocycles. The number of anilines is 1. The summed E-state index contributed by atoms with van der Waals surface area (Å²) in [5.41, 5.74) is -4.19. The first-order valence-corrected chi connectivity index (χ1v) is 12.9. The van der Waals surface area contributed by atoms with Gasteiger partial charge in [0.05, 0.1) is 21.9 Å². The summed E-state index contributed by atoms with van der Waals surface area (Å²) in [4.78, 5) is 41.5. The third kappa shape index (κ3) is 6.29. The molecule has 2 heterocycles. The molecule has 0 atom stereocenters. The van der Waals surface area contributed by atoms with Crippen molar-refractivity contribution in [3.8, 4) is 23.1 Å². The number of ether oxygens (including phenoxy) is 1. The van der Waals surface area contributed by atoms with Crippen LogP contribution in [0.25, 0.3) is 5.69 Å². The molecule has 1 amide bonds. The zero-order chi connectivity index (χ0) is 28.4. The molecule has 0 unspecified atom stereocenters. The highest BCUT2D eigenvalue weighted by molar-refractivity contribution is 7.74. The Hall–Kier alpha value is -3.76. The third-order valence-corrected chi connectivity index (χ3v) is 6.88. The number of benzene rings is 1. The van der Waals surface area contributed by atoms with Crippen LogP contribution in [-0.2, 0) is 15.7 Å². The zero-order valence-electron chi connectivity index (χ0n) is 19.4. The number of aromatic amines is 1. The van der Waals surface area contributed by atoms with Crippen molar-refractivity contribution in [2.24, 2.45) is 0 Å². The lowest BCUT2D eigenvalue weighted by molar-refractivity contribution is -0.120. The fraction of sp³-hybridized carbons (Fsp3) is 0.286. The normalized spacial score (nSPS) is 13.4. The number of halogens is 4. The first-order chi connectivity index (χ1) is 18.4. The Morgan fingerprint density at radius 1 is 1.26 bits per heavy atom. The fourth-order valence-corrected chi connectivity index (χ4v) is 4.61. The highest BCUT2D eigenvalue weighted by atomic mass is 35.5. The van der Waals surface area contributed by atoms with Gasteiger partial charge in [-0.1, -0.05) is 23.2 Å². The quantitative estimate of drug-likeness (QED) is 0.265. The second kappa shape index (κ2) is 11.5. The standard InChI is InChI=1S/C21H18Cl2F2N6O7S/c22-11-4-10(31-21(35)28-20(34)17(29-31)19(24)25)5-12(23)18(11)38-16-6-13(14(32)7-26-16)30(39(36)37)8-15(33)27-9-2-1-3-9/h4-7,9,19,32,39H,1-3,8H2,(H,27,33)(H,28,34,35). The molecule has 1 aliphatic rings. The molecule has 1 aliphatic carbocycles. The fourth-order valence-electron chi connectivity index (χ4n) is 3.48. The first kappa shape index (κ1) is 28.3. The molecule has 208 valence electrons. The second-order valence-corrected chi connectivity index (χ2v) is 9.97. The van der Waals surface area contributed by atoms with Crippen molar-refractivity contribution in [3.05, 3.63) is 61.0 Å². The van der Waals surface area contributed by atoms with Crippen LogP contribution in [0.3, 0.4) is 0 Å². The highest BCUT2D eigenvalue weighted by Gasteiger charge is 2.24. The average molecular weight is 607 g/mol. The lowest BCUT2D eigenvalue weighted by atomic mass is 9.93. The molecule has 39 heavy (non-hydrogen) atoms. The van der Waals surface area contributed by atoms with Crippen molar-refractivity contribution in [1.29, 1.82) is 0 Å². The summed E-state index contributed by atoms with van der Waals surface area (Å²) in [6.07, 6.45) is 0.142. The van der Waals surface area contributed by atoms with E-state index in [2.05, 4.69) is 15.4 Å². The minimum absolute atomic E-state index is 0.0368. The molecule has 3 aromatic rings. The van der Waals surface area contributed by atoms with Crippen LogP contribution >= 0.6 is 23.2 Å². The van der Waals surface area contributed by atoms with Crippen LogP contribution in [0.4, 0.5) is 14.5 Å². The minimum Gasteiger partial charge on any atom is -0.504 e. The molecule has 4 rings (SSSR count). The number of carbonyl (C=O) groups is 1. The van der Waals surface area contributed by atoms with Gasteiger partial charge in [-0.25, -0.2) is 27.0 Å². The van der Waals surface area contributed by atoms with Crippen molar-refractivity contribution in [1.82, 2.24) is 25.1 Å². The predicted molar refractivity (Wildman–Crippen MR) is 135 cm³/mol. The Kier molecular flexibility index (Phi) is 8.36. The van der Waals surface area contributed by atoms with Crippen molar-refractivity contribution in [2.75, 3.05) is 10.8 Å². The van der Waals surface area contributed by atoms with E-state index < -0.39 is 52.5 Å². The van der Waals surface area contributed by atoms with Crippen LogP contribution in [0.15, 0.2) is 34.0 Å². The molecule has 0 aliphatic heterocycles. The second-order valence-electron chi connectivity index (χ2n) is 8.20. The lowest BCUT2D eigenvalue weighted by Crippen LogP contribution is -2.44. The van der Waals surface area contributed by atoms with Gasteiger partial charge in [0.2, 0.25) is 22.7 Å². The van der Waals surface area contributed by atoms with Crippen LogP contribution in [0, 0.1) is 0 Å². The van der Waals surface area contributed by atoms with Gasteiger partial charge >= 0.3 is 5.69 Å². The number of rotatable bonds is 9. The Morgan fingerprint density at radius 3 is 2.49 bits per heavy atom. The molecule has 0 spiro atoms. The number of H-pyrrole nitrogens is 1. The number of nitrogens with zero attached hydrogens (tertiary/aromatic N) is 4. The van der Waals surface area contributed by atoms with Gasteiger partial charge in [-0.2, -0.15) is 9.78 Å². The van der Waals surface area contributed by atoms with Gasteiger partial charge in [0.15, 0.2) is 17.2 Å². The molecule has 1 aromatic carbocycles. The maximum Gasteiger partial charge on any atom is 0.349 e. The summed E-state index contributed by atoms with van der Waals surface area (Å²) in [5.74, 6) is -1.66. The largest absolute Gasteiger partial charge is 0.504 e. The number of carbonyl (C=O) groups excluding carboxylic acids is 1. The molecule has 0 radical (unpaired) electrons. The van der Waals surface area contributed by atoms with Gasteiger partial charge in [0.1, 0.15) is 12.2 Å². The molecule has 1 fully saturated rings. The van der Waals surface area contributed by atoms with Crippen molar-refractivity contribution >= 4 is 45.7 Å². The summed E-state index contributed by atoms with van der Waals surface area (Å²) in [7, 11) is -3.37. The van der Waals surface area contributed by atoms with E-state index in [0.717, 1.165) is 43.7 Å². The van der Waals surface area contributed by atoms with Gasteiger partial charge in [0, 0.05) is 12.1 Å². The molecule has 18 heteroatoms. The van der Waals surface area contributed by atoms with E-state index in [9.17, 15) is 36.7 Å². The van der Waals surface area contributed by atoms with E-state index in [1.165, 1.54) is 0 Å². The number of amides is 1. The van der Waals surface area contributed by atoms with E-state index in [4.69, 9.17) is 27.9 Å². The van der Waals surface area contributed by atoms with Gasteiger partial charge in [-0.3, -0.25) is 18.9 Å². The van der Waals surface area contributed by atoms with Crippen molar-refractivity contribution in [2.45, 2.75) is 31.7 Å². The Bertz CT molecular complexity index is 1600. The van der Waals surface area contributed by atoms with E-state index >= 15 is 0 Å². The Labute approximate surface area is 229 Å². The van der Waals surface area contributed by atoms with Crippen LogP contribution < -0.4 is 25.6 Å². The third-order valence-electron chi connectivity index (χ3n) is 5.57. The number of pyridine rings is 1. The van der Waals surface area contributed by atoms with Crippen molar-refractivity contribution < 1.29 is 31.8 Å². The number of alkyl halides is 2. The maximum atomic E-state index is 13.1. The average Bonchev–Trinajstić information content (AvgIpc) is 2.83. The van der Waals surface area contributed by atoms with E-state index in [-0.39, 0.29) is 39.1 Å². The summed E-state index contributed by atoms with van der Waals surface area (Å²) < 4.78 is 56.6. The van der Waals surface area contributed by atoms with Gasteiger partial charge in [-0.05, 0) is 31.4 Å². The SMILES string of the molecule is O=C(CN(c1cc(Oc2c(Cl)cc(-n3nc(C(F)F)c(=O)[nH]c3=O)cc2Cl)ncc1O)[SH](=O)=O)NC1CCC1. The molecule has 1 saturated carbocycles. The van der Waals surface area contributed by atoms with Crippen LogP contribution in [0.5, 0.6) is 17.4 Å². The lowest BCUT2D eigenvalue weighted by Gasteiger charge is -2.27. The molecular weight excluding hydrogens is 589 g/mol. The smallest absolute Gasteiger partial charge is 0.349 e. The molecule has 13 nitrogen and oxygen atoms in total.